The van der Waals surface area contributed by atoms with Crippen LogP contribution in [0.5, 0.6) is 0 Å². The highest BCUT2D eigenvalue weighted by Gasteiger charge is 2.36. The van der Waals surface area contributed by atoms with Crippen molar-refractivity contribution in [2.75, 3.05) is 18.8 Å². The lowest BCUT2D eigenvalue weighted by molar-refractivity contribution is -0.387. The first-order valence-corrected chi connectivity index (χ1v) is 7.84. The predicted octanol–water partition coefficient (Wildman–Crippen LogP) is 1.60. The Bertz CT molecular complexity index is 630. The number of sulfonamides is 1. The van der Waals surface area contributed by atoms with Gasteiger partial charge in [0, 0.05) is 24.8 Å². The van der Waals surface area contributed by atoms with Crippen LogP contribution in [0, 0.1) is 16.0 Å². The highest BCUT2D eigenvalue weighted by molar-refractivity contribution is 7.89. The van der Waals surface area contributed by atoms with Gasteiger partial charge < -0.3 is 5.73 Å². The van der Waals surface area contributed by atoms with Crippen LogP contribution in [0.4, 0.5) is 11.4 Å². The molecule has 0 spiro atoms. The number of hydrogen-bond donors (Lipinski definition) is 1. The summed E-state index contributed by atoms with van der Waals surface area (Å²) in [7, 11) is -3.87. The normalized spacial score (nSPS) is 20.1. The second-order valence-corrected chi connectivity index (χ2v) is 6.82. The molecule has 1 saturated heterocycles. The maximum Gasteiger partial charge on any atom is 0.289 e. The Morgan fingerprint density at radius 2 is 2.20 bits per heavy atom. The second kappa shape index (κ2) is 5.37. The maximum atomic E-state index is 12.5. The van der Waals surface area contributed by atoms with Crippen LogP contribution in [-0.4, -0.2) is 30.7 Å². The predicted molar refractivity (Wildman–Crippen MR) is 74.7 cm³/mol. The van der Waals surface area contributed by atoms with Crippen molar-refractivity contribution >= 4 is 21.4 Å². The van der Waals surface area contributed by atoms with Gasteiger partial charge in [-0.3, -0.25) is 10.1 Å². The van der Waals surface area contributed by atoms with E-state index in [2.05, 4.69) is 0 Å². The lowest BCUT2D eigenvalue weighted by Crippen LogP contribution is -2.29. The molecule has 110 valence electrons. The Labute approximate surface area is 117 Å². The summed E-state index contributed by atoms with van der Waals surface area (Å²) in [6.45, 7) is 2.81. The number of nitro groups is 1. The van der Waals surface area contributed by atoms with Crippen LogP contribution in [-0.2, 0) is 10.0 Å². The van der Waals surface area contributed by atoms with E-state index in [4.69, 9.17) is 5.73 Å². The number of benzene rings is 1. The van der Waals surface area contributed by atoms with Crippen molar-refractivity contribution in [2.45, 2.75) is 24.7 Å². The summed E-state index contributed by atoms with van der Waals surface area (Å²) in [6.07, 6.45) is 1.68. The van der Waals surface area contributed by atoms with Crippen molar-refractivity contribution in [3.8, 4) is 0 Å². The molecule has 7 nitrogen and oxygen atoms in total. The van der Waals surface area contributed by atoms with Crippen LogP contribution < -0.4 is 5.73 Å². The number of rotatable bonds is 4. The molecule has 1 aliphatic heterocycles. The topological polar surface area (TPSA) is 107 Å². The average Bonchev–Trinajstić information content (AvgIpc) is 2.87. The van der Waals surface area contributed by atoms with Gasteiger partial charge in [-0.05, 0) is 24.5 Å². The Balaban J connectivity index is 2.44. The Kier molecular flexibility index (Phi) is 3.96. The van der Waals surface area contributed by atoms with E-state index in [0.29, 0.717) is 19.0 Å². The summed E-state index contributed by atoms with van der Waals surface area (Å²) in [5.41, 5.74) is 5.33. The molecule has 1 heterocycles. The minimum Gasteiger partial charge on any atom is -0.399 e. The van der Waals surface area contributed by atoms with Crippen LogP contribution in [0.25, 0.3) is 0 Å². The van der Waals surface area contributed by atoms with Crippen molar-refractivity contribution in [1.82, 2.24) is 4.31 Å². The Morgan fingerprint density at radius 3 is 2.75 bits per heavy atom. The van der Waals surface area contributed by atoms with E-state index in [-0.39, 0.29) is 10.6 Å². The van der Waals surface area contributed by atoms with E-state index in [1.54, 1.807) is 0 Å². The average molecular weight is 299 g/mol. The zero-order chi connectivity index (χ0) is 14.9. The van der Waals surface area contributed by atoms with Gasteiger partial charge in [-0.25, -0.2) is 8.42 Å². The van der Waals surface area contributed by atoms with Crippen LogP contribution in [0.15, 0.2) is 23.1 Å². The molecule has 1 aromatic rings. The first-order chi connectivity index (χ1) is 9.36. The molecule has 0 aliphatic carbocycles. The monoisotopic (exact) mass is 299 g/mol. The molecule has 8 heteroatoms. The van der Waals surface area contributed by atoms with Gasteiger partial charge in [-0.15, -0.1) is 0 Å². The molecule has 1 atom stereocenters. The van der Waals surface area contributed by atoms with Gasteiger partial charge in [0.15, 0.2) is 4.90 Å². The zero-order valence-corrected chi connectivity index (χ0v) is 12.0. The highest BCUT2D eigenvalue weighted by atomic mass is 32.2. The Morgan fingerprint density at radius 1 is 1.50 bits per heavy atom. The molecule has 2 rings (SSSR count). The van der Waals surface area contributed by atoms with Crippen LogP contribution >= 0.6 is 0 Å². The molecule has 1 fully saturated rings. The fourth-order valence-corrected chi connectivity index (χ4v) is 4.10. The molecule has 1 aromatic carbocycles. The molecule has 0 bridgehead atoms. The van der Waals surface area contributed by atoms with E-state index in [1.165, 1.54) is 10.4 Å². The third kappa shape index (κ3) is 2.61. The van der Waals surface area contributed by atoms with Gasteiger partial charge in [0.1, 0.15) is 0 Å². The quantitative estimate of drug-likeness (QED) is 0.516. The van der Waals surface area contributed by atoms with Gasteiger partial charge in [0.05, 0.1) is 4.92 Å². The maximum absolute atomic E-state index is 12.5. The standard InChI is InChI=1S/C12H17N3O4S/c1-2-9-5-6-14(8-9)20(18,19)12-7-10(13)3-4-11(12)15(16)17/h3-4,7,9H,2,5-6,8,13H2,1H3. The first-order valence-electron chi connectivity index (χ1n) is 6.40. The number of nitrogens with two attached hydrogens (primary N) is 1. The molecule has 2 N–H and O–H groups in total. The lowest BCUT2D eigenvalue weighted by Gasteiger charge is -2.16. The van der Waals surface area contributed by atoms with Crippen LogP contribution in [0.1, 0.15) is 19.8 Å². The Hall–Kier alpha value is -1.67. The number of anilines is 1. The smallest absolute Gasteiger partial charge is 0.289 e. The minimum absolute atomic E-state index is 0.195. The van der Waals surface area contributed by atoms with E-state index in [9.17, 15) is 18.5 Å². The molecule has 1 aliphatic rings. The van der Waals surface area contributed by atoms with Crippen LogP contribution in [0.2, 0.25) is 0 Å². The molecule has 0 radical (unpaired) electrons. The summed E-state index contributed by atoms with van der Waals surface area (Å²) >= 11 is 0. The second-order valence-electron chi connectivity index (χ2n) is 4.91. The van der Waals surface area contributed by atoms with Crippen molar-refractivity contribution < 1.29 is 13.3 Å². The summed E-state index contributed by atoms with van der Waals surface area (Å²) in [5, 5.41) is 11.0. The van der Waals surface area contributed by atoms with E-state index in [0.717, 1.165) is 25.0 Å². The van der Waals surface area contributed by atoms with Crippen molar-refractivity contribution in [3.05, 3.63) is 28.3 Å². The third-order valence-corrected chi connectivity index (χ3v) is 5.52. The molecule has 1 unspecified atom stereocenters. The number of hydrogen-bond acceptors (Lipinski definition) is 5. The van der Waals surface area contributed by atoms with Crippen LogP contribution in [0.3, 0.4) is 0 Å². The summed E-state index contributed by atoms with van der Waals surface area (Å²) in [5.74, 6) is 0.310. The van der Waals surface area contributed by atoms with E-state index < -0.39 is 20.6 Å². The van der Waals surface area contributed by atoms with Crippen molar-refractivity contribution in [1.29, 1.82) is 0 Å². The summed E-state index contributed by atoms with van der Waals surface area (Å²) in [6, 6.07) is 3.62. The summed E-state index contributed by atoms with van der Waals surface area (Å²) < 4.78 is 26.4. The van der Waals surface area contributed by atoms with Crippen molar-refractivity contribution in [2.24, 2.45) is 5.92 Å². The zero-order valence-electron chi connectivity index (χ0n) is 11.2. The third-order valence-electron chi connectivity index (χ3n) is 3.62. The molecule has 20 heavy (non-hydrogen) atoms. The van der Waals surface area contributed by atoms with E-state index in [1.807, 2.05) is 6.92 Å². The van der Waals surface area contributed by atoms with Gasteiger partial charge in [0.2, 0.25) is 10.0 Å². The van der Waals surface area contributed by atoms with Gasteiger partial charge in [-0.2, -0.15) is 4.31 Å². The van der Waals surface area contributed by atoms with Gasteiger partial charge in [-0.1, -0.05) is 13.3 Å². The lowest BCUT2D eigenvalue weighted by atomic mass is 10.1. The highest BCUT2D eigenvalue weighted by Crippen LogP contribution is 2.32. The first kappa shape index (κ1) is 14.7. The molecule has 0 aromatic heterocycles. The molecular formula is C12H17N3O4S. The van der Waals surface area contributed by atoms with Gasteiger partial charge in [0.25, 0.3) is 5.69 Å². The molecule has 0 amide bonds. The van der Waals surface area contributed by atoms with Gasteiger partial charge >= 0.3 is 0 Å². The largest absolute Gasteiger partial charge is 0.399 e. The van der Waals surface area contributed by atoms with Crippen molar-refractivity contribution in [3.63, 3.8) is 0 Å². The number of nitrogens with zero attached hydrogens (tertiary/aromatic N) is 2. The molecule has 0 saturated carbocycles. The minimum atomic E-state index is -3.87. The fraction of sp³-hybridized carbons (Fsp3) is 0.500. The van der Waals surface area contributed by atoms with E-state index >= 15 is 0 Å². The molecular weight excluding hydrogens is 282 g/mol. The summed E-state index contributed by atoms with van der Waals surface area (Å²) in [4.78, 5) is 9.98. The number of nitrogen functional groups attached to an aromatic ring is 1. The fourth-order valence-electron chi connectivity index (χ4n) is 2.38. The number of nitro benzene ring substituents is 1. The SMILES string of the molecule is CCC1CCN(S(=O)(=O)c2cc(N)ccc2[N+](=O)[O-])C1.